The zero-order valence-electron chi connectivity index (χ0n) is 6.75. The van der Waals surface area contributed by atoms with Crippen molar-refractivity contribution in [2.75, 3.05) is 6.54 Å². The lowest BCUT2D eigenvalue weighted by Crippen LogP contribution is -2.14. The summed E-state index contributed by atoms with van der Waals surface area (Å²) in [5.74, 6) is 0. The van der Waals surface area contributed by atoms with Crippen molar-refractivity contribution < 1.29 is 0 Å². The standard InChI is InChI=1S/C11H10N/c1-2-6-10(7-3-1)11-8-4-5-9-12-11/h1-3,5-8,12H,9H2. The lowest BCUT2D eigenvalue weighted by atomic mass is 10.1. The van der Waals surface area contributed by atoms with Crippen molar-refractivity contribution in [2.45, 2.75) is 0 Å². The highest BCUT2D eigenvalue weighted by Gasteiger charge is 1.99. The smallest absolute Gasteiger partial charge is 0.0422 e. The number of allylic oxidation sites excluding steroid dienone is 2. The molecule has 0 atom stereocenters. The second-order valence-corrected chi connectivity index (χ2v) is 2.68. The van der Waals surface area contributed by atoms with Gasteiger partial charge in [-0.05, 0) is 17.7 Å². The molecule has 2 rings (SSSR count). The van der Waals surface area contributed by atoms with Crippen LogP contribution in [-0.4, -0.2) is 6.54 Å². The van der Waals surface area contributed by atoms with Gasteiger partial charge in [-0.15, -0.1) is 0 Å². The SMILES string of the molecule is [C]1=CCNC(c2ccccc2)=C1. The van der Waals surface area contributed by atoms with Gasteiger partial charge >= 0.3 is 0 Å². The van der Waals surface area contributed by atoms with Crippen LogP contribution in [0.15, 0.2) is 42.5 Å². The van der Waals surface area contributed by atoms with Crippen LogP contribution < -0.4 is 5.32 Å². The summed E-state index contributed by atoms with van der Waals surface area (Å²) in [5.41, 5.74) is 2.37. The minimum Gasteiger partial charge on any atom is -0.381 e. The highest BCUT2D eigenvalue weighted by atomic mass is 14.9. The zero-order valence-corrected chi connectivity index (χ0v) is 6.75. The Kier molecular flexibility index (Phi) is 1.95. The molecule has 1 heterocycles. The number of hydrogen-bond acceptors (Lipinski definition) is 1. The molecule has 1 N–H and O–H groups in total. The maximum absolute atomic E-state index is 3.28. The number of nitrogens with one attached hydrogen (secondary N) is 1. The van der Waals surface area contributed by atoms with Crippen molar-refractivity contribution in [2.24, 2.45) is 0 Å². The second-order valence-electron chi connectivity index (χ2n) is 2.68. The molecular formula is C11H10N. The number of hydrogen-bond donors (Lipinski definition) is 1. The number of rotatable bonds is 1. The molecule has 0 spiro atoms. The van der Waals surface area contributed by atoms with Crippen molar-refractivity contribution in [1.29, 1.82) is 0 Å². The van der Waals surface area contributed by atoms with Gasteiger partial charge in [-0.3, -0.25) is 0 Å². The first-order valence-corrected chi connectivity index (χ1v) is 4.04. The largest absolute Gasteiger partial charge is 0.381 e. The topological polar surface area (TPSA) is 12.0 Å². The van der Waals surface area contributed by atoms with Crippen molar-refractivity contribution in [3.05, 3.63) is 54.1 Å². The van der Waals surface area contributed by atoms with Gasteiger partial charge in [0.15, 0.2) is 0 Å². The molecule has 1 radical (unpaired) electrons. The predicted octanol–water partition coefficient (Wildman–Crippen LogP) is 1.99. The van der Waals surface area contributed by atoms with Crippen LogP contribution in [0.5, 0.6) is 0 Å². The van der Waals surface area contributed by atoms with Crippen LogP contribution in [0.1, 0.15) is 5.56 Å². The molecule has 0 amide bonds. The molecule has 0 saturated carbocycles. The normalized spacial score (nSPS) is 15.2. The first-order chi connectivity index (χ1) is 5.97. The van der Waals surface area contributed by atoms with E-state index in [4.69, 9.17) is 0 Å². The first-order valence-electron chi connectivity index (χ1n) is 4.04. The lowest BCUT2D eigenvalue weighted by molar-refractivity contribution is 0.991. The molecule has 0 aromatic heterocycles. The molecule has 1 aromatic rings. The van der Waals surface area contributed by atoms with Gasteiger partial charge in [0.05, 0.1) is 0 Å². The Morgan fingerprint density at radius 2 is 2.00 bits per heavy atom. The van der Waals surface area contributed by atoms with Crippen LogP contribution in [0.4, 0.5) is 0 Å². The summed E-state index contributed by atoms with van der Waals surface area (Å²) >= 11 is 0. The third-order valence-electron chi connectivity index (χ3n) is 1.82. The Morgan fingerprint density at radius 3 is 2.67 bits per heavy atom. The Bertz CT molecular complexity index is 309. The molecule has 1 nitrogen and oxygen atoms in total. The van der Waals surface area contributed by atoms with E-state index in [1.807, 2.05) is 30.4 Å². The van der Waals surface area contributed by atoms with E-state index >= 15 is 0 Å². The minimum absolute atomic E-state index is 0.876. The monoisotopic (exact) mass is 156 g/mol. The van der Waals surface area contributed by atoms with E-state index in [-0.39, 0.29) is 0 Å². The van der Waals surface area contributed by atoms with Gasteiger partial charge in [0.1, 0.15) is 0 Å². The van der Waals surface area contributed by atoms with Crippen molar-refractivity contribution in [3.63, 3.8) is 0 Å². The summed E-state index contributed by atoms with van der Waals surface area (Å²) in [6, 6.07) is 10.3. The summed E-state index contributed by atoms with van der Waals surface area (Å²) in [4.78, 5) is 0. The van der Waals surface area contributed by atoms with Gasteiger partial charge in [-0.25, -0.2) is 0 Å². The molecule has 0 saturated heterocycles. The first kappa shape index (κ1) is 7.17. The van der Waals surface area contributed by atoms with Gasteiger partial charge in [-0.1, -0.05) is 36.4 Å². The Hall–Kier alpha value is -1.50. The molecule has 1 heteroatoms. The molecular weight excluding hydrogens is 146 g/mol. The fraction of sp³-hybridized carbons (Fsp3) is 0.0909. The molecule has 12 heavy (non-hydrogen) atoms. The van der Waals surface area contributed by atoms with Gasteiger partial charge in [0.25, 0.3) is 0 Å². The van der Waals surface area contributed by atoms with E-state index < -0.39 is 0 Å². The summed E-state index contributed by atoms with van der Waals surface area (Å²) < 4.78 is 0. The summed E-state index contributed by atoms with van der Waals surface area (Å²) in [7, 11) is 0. The quantitative estimate of drug-likeness (QED) is 0.655. The average Bonchev–Trinajstić information content (AvgIpc) is 2.21. The van der Waals surface area contributed by atoms with Crippen LogP contribution >= 0.6 is 0 Å². The van der Waals surface area contributed by atoms with Crippen LogP contribution in [-0.2, 0) is 0 Å². The summed E-state index contributed by atoms with van der Waals surface area (Å²) in [6.07, 6.45) is 7.03. The molecule has 0 unspecified atom stereocenters. The van der Waals surface area contributed by atoms with Crippen LogP contribution in [0.3, 0.4) is 0 Å². The third-order valence-corrected chi connectivity index (χ3v) is 1.82. The third kappa shape index (κ3) is 1.40. The van der Waals surface area contributed by atoms with Crippen LogP contribution in [0, 0.1) is 6.08 Å². The molecule has 1 aliphatic rings. The average molecular weight is 156 g/mol. The second kappa shape index (κ2) is 3.26. The van der Waals surface area contributed by atoms with Crippen molar-refractivity contribution in [1.82, 2.24) is 5.32 Å². The Labute approximate surface area is 72.4 Å². The van der Waals surface area contributed by atoms with Crippen LogP contribution in [0.25, 0.3) is 5.70 Å². The lowest BCUT2D eigenvalue weighted by Gasteiger charge is -2.11. The Morgan fingerprint density at radius 1 is 1.17 bits per heavy atom. The van der Waals surface area contributed by atoms with Gasteiger partial charge in [0, 0.05) is 12.2 Å². The number of benzene rings is 1. The highest BCUT2D eigenvalue weighted by Crippen LogP contribution is 2.11. The fourth-order valence-electron chi connectivity index (χ4n) is 1.22. The fourth-order valence-corrected chi connectivity index (χ4v) is 1.22. The molecule has 0 fully saturated rings. The molecule has 0 bridgehead atoms. The van der Waals surface area contributed by atoms with E-state index in [1.54, 1.807) is 0 Å². The van der Waals surface area contributed by atoms with E-state index in [1.165, 1.54) is 5.56 Å². The summed E-state index contributed by atoms with van der Waals surface area (Å²) in [5, 5.41) is 3.28. The van der Waals surface area contributed by atoms with Gasteiger partial charge < -0.3 is 5.32 Å². The maximum Gasteiger partial charge on any atom is 0.0422 e. The number of dihydropyridines is 1. The Balaban J connectivity index is 2.31. The van der Waals surface area contributed by atoms with E-state index in [2.05, 4.69) is 23.5 Å². The van der Waals surface area contributed by atoms with Crippen LogP contribution in [0.2, 0.25) is 0 Å². The van der Waals surface area contributed by atoms with Gasteiger partial charge in [-0.2, -0.15) is 0 Å². The molecule has 59 valence electrons. The zero-order chi connectivity index (χ0) is 8.23. The van der Waals surface area contributed by atoms with E-state index in [0.717, 1.165) is 12.2 Å². The molecule has 0 aliphatic carbocycles. The minimum atomic E-state index is 0.876. The van der Waals surface area contributed by atoms with E-state index in [9.17, 15) is 0 Å². The molecule has 1 aromatic carbocycles. The van der Waals surface area contributed by atoms with Gasteiger partial charge in [0.2, 0.25) is 0 Å². The predicted molar refractivity (Wildman–Crippen MR) is 50.2 cm³/mol. The van der Waals surface area contributed by atoms with Crippen molar-refractivity contribution in [3.8, 4) is 0 Å². The van der Waals surface area contributed by atoms with E-state index in [0.29, 0.717) is 0 Å². The van der Waals surface area contributed by atoms with Crippen molar-refractivity contribution >= 4 is 5.70 Å². The molecule has 1 aliphatic heterocycles. The summed E-state index contributed by atoms with van der Waals surface area (Å²) in [6.45, 7) is 0.876. The highest BCUT2D eigenvalue weighted by molar-refractivity contribution is 5.65. The maximum atomic E-state index is 3.28.